The summed E-state index contributed by atoms with van der Waals surface area (Å²) in [6, 6.07) is 48.8. The molecule has 0 radical (unpaired) electrons. The van der Waals surface area contributed by atoms with Crippen LogP contribution in [0.5, 0.6) is 65.1 Å². The summed E-state index contributed by atoms with van der Waals surface area (Å²) in [7, 11) is 19.2. The molecular weight excluding hydrogens is 2070 g/mol. The molecule has 28 rings (SSSR count). The molecule has 0 amide bonds. The van der Waals surface area contributed by atoms with Gasteiger partial charge in [-0.05, 0) is 196 Å². The van der Waals surface area contributed by atoms with Crippen molar-refractivity contribution in [3.8, 4) is 145 Å². The average Bonchev–Trinajstić information content (AvgIpc) is 1.61. The van der Waals surface area contributed by atoms with Crippen molar-refractivity contribution in [1.29, 1.82) is 0 Å². The minimum Gasteiger partial charge on any atom is -0.497 e. The van der Waals surface area contributed by atoms with Crippen LogP contribution in [0.3, 0.4) is 0 Å². The van der Waals surface area contributed by atoms with Crippen molar-refractivity contribution in [1.82, 2.24) is 102 Å². The van der Waals surface area contributed by atoms with Crippen molar-refractivity contribution in [2.75, 3.05) is 85.3 Å². The second-order valence-electron chi connectivity index (χ2n) is 32.5. The van der Waals surface area contributed by atoms with Crippen LogP contribution in [0.4, 0.5) is 0 Å². The van der Waals surface area contributed by atoms with E-state index in [2.05, 4.69) is 108 Å². The van der Waals surface area contributed by atoms with Crippen molar-refractivity contribution in [2.24, 2.45) is 0 Å². The van der Waals surface area contributed by atoms with Crippen LogP contribution in [0.2, 0.25) is 5.02 Å². The van der Waals surface area contributed by atoms with Crippen LogP contribution in [0.15, 0.2) is 226 Å². The zero-order valence-corrected chi connectivity index (χ0v) is 88.0. The highest BCUT2D eigenvalue weighted by atomic mass is 35.5. The number of nitrogens with zero attached hydrogens (tertiary/aromatic N) is 21. The summed E-state index contributed by atoms with van der Waals surface area (Å²) >= 11 is 15.7. The molecule has 0 N–H and O–H groups in total. The molecule has 21 heterocycles. The molecule has 0 atom stereocenters. The summed E-state index contributed by atoms with van der Waals surface area (Å²) in [5.74, 6) is 8.51. The number of rotatable bonds is 20. The summed E-state index contributed by atoms with van der Waals surface area (Å²) in [5, 5.41) is 41.6. The van der Waals surface area contributed by atoms with E-state index in [-0.39, 0.29) is 0 Å². The van der Waals surface area contributed by atoms with E-state index in [1.54, 1.807) is 129 Å². The normalized spacial score (nSPS) is 11.4. The number of hydrogen-bond acceptors (Lipinski definition) is 40. The van der Waals surface area contributed by atoms with Crippen LogP contribution in [0, 0.1) is 20.8 Å². The molecule has 0 unspecified atom stereocenters. The van der Waals surface area contributed by atoms with Gasteiger partial charge >= 0.3 is 0 Å². The van der Waals surface area contributed by atoms with E-state index in [4.69, 9.17) is 99.4 Å². The highest BCUT2D eigenvalue weighted by Crippen LogP contribution is 2.45. The number of methoxy groups -OCH3 is 12. The second kappa shape index (κ2) is 40.7. The highest BCUT2D eigenvalue weighted by Gasteiger charge is 2.26. The molecule has 0 fully saturated rings. The molecule has 149 heavy (non-hydrogen) atoms. The summed E-state index contributed by atoms with van der Waals surface area (Å²) in [4.78, 5) is 37.0. The highest BCUT2D eigenvalue weighted by molar-refractivity contribution is 7.20. The van der Waals surface area contributed by atoms with Gasteiger partial charge < -0.3 is 87.8 Å². The smallest absolute Gasteiger partial charge is 0.294 e. The fourth-order valence-electron chi connectivity index (χ4n) is 16.0. The van der Waals surface area contributed by atoms with Gasteiger partial charge in [-0.15, -0.1) is 35.7 Å². The number of furan rings is 7. The van der Waals surface area contributed by atoms with E-state index in [0.29, 0.717) is 110 Å². The van der Waals surface area contributed by atoms with Crippen LogP contribution < -0.4 is 56.8 Å². The van der Waals surface area contributed by atoms with Crippen LogP contribution in [0.25, 0.3) is 192 Å². The lowest BCUT2D eigenvalue weighted by Crippen LogP contribution is -1.88. The Morgan fingerprint density at radius 1 is 0.282 bits per heavy atom. The number of halogens is 1. The fourth-order valence-corrected chi connectivity index (χ4v) is 21.1. The van der Waals surface area contributed by atoms with Crippen LogP contribution >= 0.6 is 91.0 Å². The third kappa shape index (κ3) is 19.3. The molecule has 0 saturated carbocycles. The SMILES string of the molecule is CCc1cccc2cc(-c3cn4nc(OC)sc4n3)oc12.COc1cc(OC)c2c(C)c(-c3cn4nc(OC)sc4n3)oc2c1.COc1cc(OC)c2cc(-c3cn4nc(OC)sc4n3)oc2c1.COc1ccc2cc(-c3cn4nc(OC)sc4n3)oc2c1.COc1nn2cc(-c3cc4cc(Cl)ccc4o3)nc2s1.COc1nn2cc(-c3cc4ccc(C)cc4o3)nc2s1.COc1nn2cc(-c3cc4cccc(C)c4o3)nc2s1. The lowest BCUT2D eigenvalue weighted by Gasteiger charge is -2.05. The summed E-state index contributed by atoms with van der Waals surface area (Å²) in [6.45, 7) is 8.19. The Balaban J connectivity index is 0.0000000985. The Kier molecular flexibility index (Phi) is 26.4. The maximum absolute atomic E-state index is 6.04. The fraction of sp³-hybridized carbons (Fsp3) is 0.168. The van der Waals surface area contributed by atoms with E-state index >= 15 is 0 Å². The predicted molar refractivity (Wildman–Crippen MR) is 570 cm³/mol. The quantitative estimate of drug-likeness (QED) is 0.0684. The number of fused-ring (bicyclic) bond motifs is 14. The number of imidazole rings is 7. The number of hydrogen-bond donors (Lipinski definition) is 0. The molecule has 754 valence electrons. The molecule has 0 spiro atoms. The lowest BCUT2D eigenvalue weighted by atomic mass is 10.1. The van der Waals surface area contributed by atoms with Crippen LogP contribution in [-0.4, -0.2) is 188 Å². The van der Waals surface area contributed by atoms with E-state index in [1.807, 2.05) is 173 Å². The molecule has 0 aliphatic carbocycles. The first-order valence-corrected chi connectivity index (χ1v) is 51.1. The predicted octanol–water partition coefficient (Wildman–Crippen LogP) is 24.7. The van der Waals surface area contributed by atoms with Gasteiger partial charge in [-0.25, -0.2) is 66.5 Å². The Hall–Kier alpha value is -17.1. The standard InChI is InChI=1S/C16H15N3O4S.C15H13N3O4S.C15H13N3O2S.C14H11N3O3S.2C14H11N3O2S.C13H8ClN3O2S/c1-8-13-11(21-3)5-9(20-2)6-12(13)23-14(8)10-7-19-15(17-10)24-16(18-19)22-4;1-19-8-4-11(20-2)9-6-13(22-12(9)5-8)10-7-18-14(16-10)23-15(17-18)21-3;1-3-9-5-4-6-10-7-12(20-13(9)10)11-8-18-14(16-11)21-15(17-18)19-2;1-18-9-4-3-8-5-12(20-11(8)6-9)10-7-17-13(15-10)21-14(16-17)19-2;1-8-3-4-9-6-12(19-11(9)5-8)10-7-17-13(15-10)20-14(16-17)18-2;1-8-4-3-5-9-6-11(19-12(8)9)10-7-17-13(15-10)20-14(16-17)18-2;1-18-13-16-17-6-9(15-12(17)20-13)11-5-7-4-8(14)2-3-10(7)19-11/h5-7H,1-4H3;4-7H,1-3H3;4-8H,3H2,1-2H3;3-7H,1-2H3;2*3-7H,1-2H3;2-6H,1H3. The average molecular weight is 2150 g/mol. The van der Waals surface area contributed by atoms with Crippen molar-refractivity contribution in [3.63, 3.8) is 0 Å². The first kappa shape index (κ1) is 96.7. The molecule has 48 heteroatoms. The van der Waals surface area contributed by atoms with Gasteiger partial charge in [-0.1, -0.05) is 67.1 Å². The van der Waals surface area contributed by atoms with Crippen molar-refractivity contribution in [3.05, 3.63) is 222 Å². The molecule has 0 saturated heterocycles. The van der Waals surface area contributed by atoms with Gasteiger partial charge in [0, 0.05) is 67.8 Å². The largest absolute Gasteiger partial charge is 0.497 e. The minimum absolute atomic E-state index is 0.565. The van der Waals surface area contributed by atoms with Crippen molar-refractivity contribution < 1.29 is 87.8 Å². The summed E-state index contributed by atoms with van der Waals surface area (Å²) in [6.07, 6.45) is 13.8. The summed E-state index contributed by atoms with van der Waals surface area (Å²) < 4.78 is 115. The first-order chi connectivity index (χ1) is 72.6. The summed E-state index contributed by atoms with van der Waals surface area (Å²) in [5.41, 5.74) is 15.4. The van der Waals surface area contributed by atoms with Gasteiger partial charge in [0.05, 0.1) is 139 Å². The molecule has 21 aromatic heterocycles. The van der Waals surface area contributed by atoms with Gasteiger partial charge in [0.15, 0.2) is 40.3 Å². The van der Waals surface area contributed by atoms with Gasteiger partial charge in [0.25, 0.3) is 36.4 Å². The lowest BCUT2D eigenvalue weighted by molar-refractivity contribution is 0.397. The molecule has 0 bridgehead atoms. The van der Waals surface area contributed by atoms with E-state index in [0.717, 1.165) is 169 Å². The van der Waals surface area contributed by atoms with E-state index < -0.39 is 0 Å². The minimum atomic E-state index is 0.565. The Labute approximate surface area is 873 Å². The molecule has 28 aromatic rings. The van der Waals surface area contributed by atoms with Crippen LogP contribution in [-0.2, 0) is 6.42 Å². The second-order valence-corrected chi connectivity index (χ2v) is 39.3. The molecule has 7 aromatic carbocycles. The van der Waals surface area contributed by atoms with E-state index in [1.165, 1.54) is 90.5 Å². The zero-order chi connectivity index (χ0) is 103. The van der Waals surface area contributed by atoms with Gasteiger partial charge in [-0.2, -0.15) is 0 Å². The number of aryl methyl sites for hydroxylation is 4. The van der Waals surface area contributed by atoms with Crippen molar-refractivity contribution in [2.45, 2.75) is 34.1 Å². The number of para-hydroxylation sites is 2. The number of aromatic nitrogens is 21. The molecular formula is C101H82ClN21O19S7. The van der Waals surface area contributed by atoms with E-state index in [9.17, 15) is 0 Å². The number of ether oxygens (including phenoxy) is 12. The Morgan fingerprint density at radius 3 is 1.06 bits per heavy atom. The Morgan fingerprint density at radius 2 is 0.638 bits per heavy atom. The Bertz CT molecular complexity index is 9400. The topological polar surface area (TPSA) is 414 Å². The van der Waals surface area contributed by atoms with Crippen molar-refractivity contribution >= 4 is 202 Å². The first-order valence-electron chi connectivity index (χ1n) is 45.0. The zero-order valence-electron chi connectivity index (χ0n) is 81.6. The van der Waals surface area contributed by atoms with Gasteiger partial charge in [0.1, 0.15) is 108 Å². The van der Waals surface area contributed by atoms with Gasteiger partial charge in [-0.3, -0.25) is 0 Å². The van der Waals surface area contributed by atoms with Crippen LogP contribution in [0.1, 0.15) is 29.2 Å². The number of benzene rings is 7. The third-order valence-electron chi connectivity index (χ3n) is 23.2. The maximum Gasteiger partial charge on any atom is 0.294 e. The molecule has 0 aliphatic rings. The molecule has 40 nitrogen and oxygen atoms in total. The molecule has 0 aliphatic heterocycles. The third-order valence-corrected chi connectivity index (χ3v) is 29.6. The monoisotopic (exact) mass is 2150 g/mol. The van der Waals surface area contributed by atoms with Gasteiger partial charge in [0.2, 0.25) is 34.7 Å². The maximum atomic E-state index is 6.04.